The van der Waals surface area contributed by atoms with Crippen molar-refractivity contribution >= 4 is 5.69 Å². The van der Waals surface area contributed by atoms with Crippen molar-refractivity contribution in [2.45, 2.75) is 13.5 Å². The van der Waals surface area contributed by atoms with Crippen LogP contribution in [-0.4, -0.2) is 24.4 Å². The molecule has 0 saturated heterocycles. The van der Waals surface area contributed by atoms with Gasteiger partial charge in [0.15, 0.2) is 0 Å². The average molecular weight is 249 g/mol. The summed E-state index contributed by atoms with van der Waals surface area (Å²) in [6.45, 7) is 2.21. The Bertz CT molecular complexity index is 503. The van der Waals surface area contributed by atoms with E-state index in [0.29, 0.717) is 18.3 Å². The molecule has 0 radical (unpaired) electrons. The summed E-state index contributed by atoms with van der Waals surface area (Å²) in [5.41, 5.74) is 0.863. The minimum Gasteiger partial charge on any atom is -0.497 e. The lowest BCUT2D eigenvalue weighted by atomic mass is 10.2. The minimum absolute atomic E-state index is 0.456. The predicted molar refractivity (Wildman–Crippen MR) is 65.9 cm³/mol. The smallest absolute Gasteiger partial charge is 0.235 e. The molecule has 0 atom stereocenters. The highest BCUT2D eigenvalue weighted by Crippen LogP contribution is 2.25. The van der Waals surface area contributed by atoms with Gasteiger partial charge in [-0.1, -0.05) is 0 Å². The number of hydrogen-bond acceptors (Lipinski definition) is 6. The number of hydrogen-bond donors (Lipinski definition) is 1. The third-order valence-corrected chi connectivity index (χ3v) is 2.36. The molecule has 0 amide bonds. The number of benzene rings is 1. The number of anilines is 1. The van der Waals surface area contributed by atoms with E-state index in [1.807, 2.05) is 18.2 Å². The first kappa shape index (κ1) is 12.2. The Hall–Kier alpha value is -2.24. The number of nitrogens with one attached hydrogen (secondary N) is 1. The molecule has 6 nitrogen and oxygen atoms in total. The molecule has 2 rings (SSSR count). The van der Waals surface area contributed by atoms with Gasteiger partial charge in [0, 0.05) is 30.8 Å². The second-order valence-electron chi connectivity index (χ2n) is 3.67. The van der Waals surface area contributed by atoms with Crippen LogP contribution in [0.15, 0.2) is 22.6 Å². The summed E-state index contributed by atoms with van der Waals surface area (Å²) in [5.74, 6) is 2.53. The number of nitrogens with zero attached hydrogens (tertiary/aromatic N) is 2. The van der Waals surface area contributed by atoms with Crippen LogP contribution in [0.3, 0.4) is 0 Å². The lowest BCUT2D eigenvalue weighted by molar-refractivity contribution is 0.394. The molecule has 18 heavy (non-hydrogen) atoms. The number of aromatic nitrogens is 2. The summed E-state index contributed by atoms with van der Waals surface area (Å²) in [6.07, 6.45) is 0. The van der Waals surface area contributed by atoms with Crippen LogP contribution >= 0.6 is 0 Å². The summed E-state index contributed by atoms with van der Waals surface area (Å²) in [5, 5.41) is 10.8. The van der Waals surface area contributed by atoms with E-state index in [2.05, 4.69) is 15.5 Å². The highest BCUT2D eigenvalue weighted by Gasteiger charge is 2.04. The summed E-state index contributed by atoms with van der Waals surface area (Å²) in [4.78, 5) is 0. The maximum Gasteiger partial charge on any atom is 0.235 e. The van der Waals surface area contributed by atoms with Crippen LogP contribution in [0.2, 0.25) is 0 Å². The van der Waals surface area contributed by atoms with Crippen LogP contribution in [0.4, 0.5) is 5.69 Å². The van der Waals surface area contributed by atoms with Gasteiger partial charge in [-0.3, -0.25) is 0 Å². The second kappa shape index (κ2) is 5.39. The number of ether oxygens (including phenoxy) is 2. The predicted octanol–water partition coefficient (Wildman–Crippen LogP) is 2.01. The van der Waals surface area contributed by atoms with Crippen molar-refractivity contribution in [2.24, 2.45) is 0 Å². The lowest BCUT2D eigenvalue weighted by Gasteiger charge is -2.09. The fourth-order valence-corrected chi connectivity index (χ4v) is 1.50. The van der Waals surface area contributed by atoms with Gasteiger partial charge in [-0.05, 0) is 0 Å². The highest BCUT2D eigenvalue weighted by atomic mass is 16.5. The molecule has 0 bridgehead atoms. The normalized spacial score (nSPS) is 10.2. The van der Waals surface area contributed by atoms with E-state index < -0.39 is 0 Å². The van der Waals surface area contributed by atoms with Gasteiger partial charge in [-0.15, -0.1) is 10.2 Å². The Labute approximate surface area is 105 Å². The molecule has 0 spiro atoms. The molecule has 1 N–H and O–H groups in total. The minimum atomic E-state index is 0.456. The van der Waals surface area contributed by atoms with Gasteiger partial charge in [-0.25, -0.2) is 0 Å². The second-order valence-corrected chi connectivity index (χ2v) is 3.67. The zero-order chi connectivity index (χ0) is 13.0. The molecule has 96 valence electrons. The maximum atomic E-state index is 5.27. The molecule has 0 fully saturated rings. The fraction of sp³-hybridized carbons (Fsp3) is 0.333. The van der Waals surface area contributed by atoms with Crippen molar-refractivity contribution in [3.8, 4) is 11.5 Å². The summed E-state index contributed by atoms with van der Waals surface area (Å²) in [7, 11) is 3.22. The van der Waals surface area contributed by atoms with Crippen molar-refractivity contribution in [1.82, 2.24) is 10.2 Å². The molecule has 0 unspecified atom stereocenters. The fourth-order valence-electron chi connectivity index (χ4n) is 1.50. The summed E-state index contributed by atoms with van der Waals surface area (Å²) >= 11 is 0. The first-order valence-electron chi connectivity index (χ1n) is 5.47. The Morgan fingerprint density at radius 2 is 1.78 bits per heavy atom. The van der Waals surface area contributed by atoms with Crippen LogP contribution in [0.5, 0.6) is 11.5 Å². The molecule has 2 aromatic rings. The monoisotopic (exact) mass is 249 g/mol. The van der Waals surface area contributed by atoms with E-state index in [4.69, 9.17) is 13.9 Å². The largest absolute Gasteiger partial charge is 0.497 e. The van der Waals surface area contributed by atoms with E-state index >= 15 is 0 Å². The average Bonchev–Trinajstić information content (AvgIpc) is 2.81. The Morgan fingerprint density at radius 1 is 1.11 bits per heavy atom. The number of rotatable bonds is 5. The van der Waals surface area contributed by atoms with Gasteiger partial charge in [0.05, 0.1) is 20.8 Å². The van der Waals surface area contributed by atoms with Gasteiger partial charge < -0.3 is 19.2 Å². The SMILES string of the molecule is COc1cc(NCc2nnc(C)o2)cc(OC)c1. The first-order chi connectivity index (χ1) is 8.71. The standard InChI is InChI=1S/C12H15N3O3/c1-8-14-15-12(18-8)7-13-9-4-10(16-2)6-11(5-9)17-3/h4-6,13H,7H2,1-3H3. The molecule has 6 heteroatoms. The van der Waals surface area contributed by atoms with E-state index in [1.54, 1.807) is 21.1 Å². The summed E-state index contributed by atoms with van der Waals surface area (Å²) in [6, 6.07) is 5.54. The van der Waals surface area contributed by atoms with E-state index in [-0.39, 0.29) is 0 Å². The quantitative estimate of drug-likeness (QED) is 0.874. The molecular weight excluding hydrogens is 234 g/mol. The van der Waals surface area contributed by atoms with Crippen LogP contribution in [0.1, 0.15) is 11.8 Å². The van der Waals surface area contributed by atoms with Gasteiger partial charge in [0.1, 0.15) is 11.5 Å². The van der Waals surface area contributed by atoms with Gasteiger partial charge >= 0.3 is 0 Å². The third-order valence-electron chi connectivity index (χ3n) is 2.36. The molecule has 0 aliphatic rings. The Morgan fingerprint density at radius 3 is 2.28 bits per heavy atom. The highest BCUT2D eigenvalue weighted by molar-refractivity contribution is 5.53. The number of methoxy groups -OCH3 is 2. The van der Waals surface area contributed by atoms with Crippen molar-refractivity contribution in [3.63, 3.8) is 0 Å². The van der Waals surface area contributed by atoms with E-state index in [9.17, 15) is 0 Å². The van der Waals surface area contributed by atoms with Crippen LogP contribution in [0.25, 0.3) is 0 Å². The van der Waals surface area contributed by atoms with Crippen molar-refractivity contribution < 1.29 is 13.9 Å². The van der Waals surface area contributed by atoms with Gasteiger partial charge in [0.2, 0.25) is 11.8 Å². The van der Waals surface area contributed by atoms with E-state index in [0.717, 1.165) is 17.2 Å². The molecular formula is C12H15N3O3. The van der Waals surface area contributed by atoms with Crippen molar-refractivity contribution in [1.29, 1.82) is 0 Å². The van der Waals surface area contributed by atoms with E-state index in [1.165, 1.54) is 0 Å². The van der Waals surface area contributed by atoms with Crippen molar-refractivity contribution in [2.75, 3.05) is 19.5 Å². The van der Waals surface area contributed by atoms with Crippen molar-refractivity contribution in [3.05, 3.63) is 30.0 Å². The Balaban J connectivity index is 2.08. The topological polar surface area (TPSA) is 69.4 Å². The maximum absolute atomic E-state index is 5.27. The third kappa shape index (κ3) is 2.91. The van der Waals surface area contributed by atoms with Gasteiger partial charge in [-0.2, -0.15) is 0 Å². The van der Waals surface area contributed by atoms with Crippen LogP contribution in [-0.2, 0) is 6.54 Å². The van der Waals surface area contributed by atoms with Crippen LogP contribution < -0.4 is 14.8 Å². The molecule has 0 aliphatic heterocycles. The molecule has 0 aliphatic carbocycles. The summed E-state index contributed by atoms with van der Waals surface area (Å²) < 4.78 is 15.6. The first-order valence-corrected chi connectivity index (χ1v) is 5.47. The molecule has 1 heterocycles. The molecule has 1 aromatic carbocycles. The zero-order valence-corrected chi connectivity index (χ0v) is 10.6. The Kier molecular flexibility index (Phi) is 3.66. The molecule has 1 aromatic heterocycles. The lowest BCUT2D eigenvalue weighted by Crippen LogP contribution is -2.00. The van der Waals surface area contributed by atoms with Crippen LogP contribution in [0, 0.1) is 6.92 Å². The van der Waals surface area contributed by atoms with Gasteiger partial charge in [0.25, 0.3) is 0 Å². The molecule has 0 saturated carbocycles. The zero-order valence-electron chi connectivity index (χ0n) is 10.6. The number of aryl methyl sites for hydroxylation is 1.